The summed E-state index contributed by atoms with van der Waals surface area (Å²) in [6, 6.07) is 0. The van der Waals surface area contributed by atoms with Gasteiger partial charge in [-0.05, 0) is 20.8 Å². The van der Waals surface area contributed by atoms with Gasteiger partial charge in [0.1, 0.15) is 11.3 Å². The van der Waals surface area contributed by atoms with E-state index in [0.717, 1.165) is 4.68 Å². The lowest BCUT2D eigenvalue weighted by molar-refractivity contribution is -0.327. The maximum Gasteiger partial charge on any atom is 0.358 e. The number of aryl methyl sites for hydroxylation is 1. The van der Waals surface area contributed by atoms with Crippen molar-refractivity contribution in [1.29, 1.82) is 0 Å². The summed E-state index contributed by atoms with van der Waals surface area (Å²) in [5.74, 6) is -4.10. The molecule has 0 fully saturated rings. The first-order valence-electron chi connectivity index (χ1n) is 5.42. The summed E-state index contributed by atoms with van der Waals surface area (Å²) in [7, 11) is 1.71. The molecule has 1 rings (SSSR count). The highest BCUT2D eigenvalue weighted by atomic mass is 16.7. The molecule has 0 saturated heterocycles. The molecule has 0 amide bonds. The van der Waals surface area contributed by atoms with Crippen LogP contribution in [0.1, 0.15) is 37.0 Å². The number of carbonyl (C=O) groups is 1. The Balaban J connectivity index is 3.28. The zero-order chi connectivity index (χ0) is 15.0. The average molecular weight is 271 g/mol. The molecule has 0 aliphatic heterocycles. The third kappa shape index (κ3) is 3.54. The third-order valence-corrected chi connectivity index (χ3v) is 2.12. The highest BCUT2D eigenvalue weighted by Gasteiger charge is 2.35. The van der Waals surface area contributed by atoms with Gasteiger partial charge >= 0.3 is 19.4 Å². The van der Waals surface area contributed by atoms with Crippen molar-refractivity contribution in [2.24, 2.45) is 7.05 Å². The Morgan fingerprint density at radius 3 is 2.21 bits per heavy atom. The molecule has 9 heteroatoms. The number of nitrogens with zero attached hydrogens (tertiary/aromatic N) is 2. The fraction of sp³-hybridized carbons (Fsp3) is 0.600. The molecule has 105 valence electrons. The molecule has 1 aromatic rings. The number of carbonyl (C=O) groups excluding carboxylic acids is 1. The van der Waals surface area contributed by atoms with Crippen molar-refractivity contribution in [2.45, 2.75) is 32.3 Å². The Bertz CT molecular complexity index is 485. The van der Waals surface area contributed by atoms with Gasteiger partial charge < -0.3 is 25.1 Å². The van der Waals surface area contributed by atoms with E-state index in [1.807, 2.05) is 0 Å². The van der Waals surface area contributed by atoms with Gasteiger partial charge in [-0.2, -0.15) is 5.10 Å². The van der Waals surface area contributed by atoms with Gasteiger partial charge in [0.2, 0.25) is 0 Å². The minimum Gasteiger partial charge on any atom is -0.455 e. The molecule has 0 unspecified atom stereocenters. The molecule has 1 heterocycles. The van der Waals surface area contributed by atoms with E-state index in [0.29, 0.717) is 7.48 Å². The predicted molar refractivity (Wildman–Crippen MR) is 64.3 cm³/mol. The van der Waals surface area contributed by atoms with Crippen LogP contribution in [0, 0.1) is 0 Å². The molecule has 0 bridgehead atoms. The van der Waals surface area contributed by atoms with Gasteiger partial charge in [-0.25, -0.2) is 4.79 Å². The van der Waals surface area contributed by atoms with Crippen LogP contribution in [-0.2, 0) is 17.8 Å². The highest BCUT2D eigenvalue weighted by molar-refractivity contribution is 6.48. The van der Waals surface area contributed by atoms with E-state index < -0.39 is 23.2 Å². The van der Waals surface area contributed by atoms with Crippen LogP contribution in [0.25, 0.3) is 0 Å². The van der Waals surface area contributed by atoms with E-state index in [9.17, 15) is 20.1 Å². The van der Waals surface area contributed by atoms with Gasteiger partial charge in [-0.1, -0.05) is 0 Å². The Morgan fingerprint density at radius 2 is 1.84 bits per heavy atom. The molecule has 0 aliphatic rings. The van der Waals surface area contributed by atoms with Crippen LogP contribution >= 0.6 is 0 Å². The van der Waals surface area contributed by atoms with E-state index in [1.54, 1.807) is 20.8 Å². The molecule has 0 spiro atoms. The first-order chi connectivity index (χ1) is 8.47. The summed E-state index contributed by atoms with van der Waals surface area (Å²) in [5, 5.41) is 40.3. The van der Waals surface area contributed by atoms with Crippen molar-refractivity contribution in [3.63, 3.8) is 0 Å². The minimum absolute atomic E-state index is 0.329. The Kier molecular flexibility index (Phi) is 4.06. The van der Waals surface area contributed by atoms with Crippen LogP contribution in [0.3, 0.4) is 0 Å². The number of esters is 1. The van der Waals surface area contributed by atoms with Crippen LogP contribution in [0.5, 0.6) is 0 Å². The quantitative estimate of drug-likeness (QED) is 0.277. The number of rotatable bonds is 3. The van der Waals surface area contributed by atoms with Gasteiger partial charge in [0, 0.05) is 12.5 Å². The molecule has 19 heavy (non-hydrogen) atoms. The van der Waals surface area contributed by atoms with E-state index in [2.05, 4.69) is 5.10 Å². The number of ether oxygens (including phenoxy) is 1. The fourth-order valence-electron chi connectivity index (χ4n) is 1.54. The van der Waals surface area contributed by atoms with Crippen molar-refractivity contribution in [2.75, 3.05) is 0 Å². The van der Waals surface area contributed by atoms with Crippen molar-refractivity contribution in [3.8, 4) is 0 Å². The largest absolute Gasteiger partial charge is 0.455 e. The zero-order valence-corrected chi connectivity index (χ0v) is 11.1. The first kappa shape index (κ1) is 15.6. The Morgan fingerprint density at radius 1 is 1.32 bits per heavy atom. The lowest BCUT2D eigenvalue weighted by atomic mass is 9.85. The maximum absolute atomic E-state index is 11.9. The molecule has 0 aliphatic carbocycles. The maximum atomic E-state index is 11.9. The summed E-state index contributed by atoms with van der Waals surface area (Å²) >= 11 is 0. The molecule has 1 radical (unpaired) electrons. The molecule has 8 nitrogen and oxygen atoms in total. The predicted octanol–water partition coefficient (Wildman–Crippen LogP) is -2.30. The van der Waals surface area contributed by atoms with E-state index in [-0.39, 0.29) is 11.2 Å². The second kappa shape index (κ2) is 4.93. The summed E-state index contributed by atoms with van der Waals surface area (Å²) < 4.78 is 5.92. The van der Waals surface area contributed by atoms with Gasteiger partial charge in [0.25, 0.3) is 0 Å². The summed E-state index contributed by atoms with van der Waals surface area (Å²) in [6.07, 6.45) is 0. The molecule has 0 saturated carbocycles. The minimum atomic E-state index is -3.24. The Labute approximate surface area is 110 Å². The first-order valence-corrected chi connectivity index (χ1v) is 5.42. The smallest absolute Gasteiger partial charge is 0.358 e. The van der Waals surface area contributed by atoms with Crippen LogP contribution < -0.4 is 5.46 Å². The molecular weight excluding hydrogens is 255 g/mol. The molecule has 4 N–H and O–H groups in total. The monoisotopic (exact) mass is 271 g/mol. The SMILES string of the molecule is Cn1nc(C(=O)OC(C)(C)C)c([B]O)c1C(O)(O)O. The highest BCUT2D eigenvalue weighted by Crippen LogP contribution is 2.15. The standard InChI is InChI=1S/C10H16BN2O6/c1-9(2,3)19-8(14)6-5(11-18)7(10(15,16)17)13(4)12-6/h15-18H,1-4H3. The average Bonchev–Trinajstić information content (AvgIpc) is 2.51. The topological polar surface area (TPSA) is 125 Å². The second-order valence-corrected chi connectivity index (χ2v) is 5.00. The summed E-state index contributed by atoms with van der Waals surface area (Å²) in [6.45, 7) is 4.93. The molecule has 0 atom stereocenters. The van der Waals surface area contributed by atoms with Crippen molar-refractivity contribution in [3.05, 3.63) is 11.4 Å². The molecule has 1 aromatic heterocycles. The van der Waals surface area contributed by atoms with Crippen LogP contribution in [0.15, 0.2) is 0 Å². The van der Waals surface area contributed by atoms with Gasteiger partial charge in [-0.3, -0.25) is 4.68 Å². The molecule has 0 aromatic carbocycles. The summed E-state index contributed by atoms with van der Waals surface area (Å²) in [4.78, 5) is 11.9. The van der Waals surface area contributed by atoms with Crippen molar-refractivity contribution in [1.82, 2.24) is 9.78 Å². The normalized spacial score (nSPS) is 12.4. The van der Waals surface area contributed by atoms with Gasteiger partial charge in [0.15, 0.2) is 5.69 Å². The summed E-state index contributed by atoms with van der Waals surface area (Å²) in [5.41, 5.74) is -1.99. The van der Waals surface area contributed by atoms with Crippen molar-refractivity contribution >= 4 is 18.9 Å². The number of hydrogen-bond acceptors (Lipinski definition) is 7. The number of aromatic nitrogens is 2. The van der Waals surface area contributed by atoms with Crippen LogP contribution in [-0.4, -0.2) is 49.2 Å². The molecular formula is C10H16BN2O6. The van der Waals surface area contributed by atoms with Gasteiger partial charge in [-0.15, -0.1) is 0 Å². The van der Waals surface area contributed by atoms with E-state index in [1.165, 1.54) is 7.05 Å². The van der Waals surface area contributed by atoms with Crippen LogP contribution in [0.2, 0.25) is 0 Å². The van der Waals surface area contributed by atoms with E-state index >= 15 is 0 Å². The zero-order valence-electron chi connectivity index (χ0n) is 11.1. The van der Waals surface area contributed by atoms with Crippen LogP contribution in [0.4, 0.5) is 0 Å². The second-order valence-electron chi connectivity index (χ2n) is 5.00. The third-order valence-electron chi connectivity index (χ3n) is 2.12. The fourth-order valence-corrected chi connectivity index (χ4v) is 1.54. The van der Waals surface area contributed by atoms with E-state index in [4.69, 9.17) is 9.76 Å². The number of aliphatic hydroxyl groups is 3. The Hall–Kier alpha value is -1.42. The van der Waals surface area contributed by atoms with Crippen molar-refractivity contribution < 1.29 is 29.9 Å². The lowest BCUT2D eigenvalue weighted by Gasteiger charge is -2.19. The number of hydrogen-bond donors (Lipinski definition) is 4. The lowest BCUT2D eigenvalue weighted by Crippen LogP contribution is -2.37. The van der Waals surface area contributed by atoms with Gasteiger partial charge in [0.05, 0.1) is 0 Å².